The van der Waals surface area contributed by atoms with E-state index in [9.17, 15) is 18.0 Å². The standard InChI is InChI=1S/C26H25N5O4S/c1-18-8-6-7-11-24(18)36(34,35)30-26(33)29-23(16-19-9-4-3-5-10-19)25(32)31(2)20-12-13-21-22(17-20)28-15-14-27-21/h3-15,17,23H,16H2,1-2H3,(H2,29,30,33). The Morgan fingerprint density at radius 2 is 1.58 bits per heavy atom. The lowest BCUT2D eigenvalue weighted by Crippen LogP contribution is -2.52. The second-order valence-corrected chi connectivity index (χ2v) is 9.86. The molecule has 0 aliphatic rings. The van der Waals surface area contributed by atoms with Gasteiger partial charge in [0.15, 0.2) is 0 Å². The molecule has 2 N–H and O–H groups in total. The average molecular weight is 504 g/mol. The second kappa shape index (κ2) is 10.5. The highest BCUT2D eigenvalue weighted by Gasteiger charge is 2.28. The normalized spacial score (nSPS) is 12.1. The lowest BCUT2D eigenvalue weighted by atomic mass is 10.0. The topological polar surface area (TPSA) is 121 Å². The summed E-state index contributed by atoms with van der Waals surface area (Å²) in [6.45, 7) is 1.64. The van der Waals surface area contributed by atoms with Crippen LogP contribution < -0.4 is 14.9 Å². The van der Waals surface area contributed by atoms with Gasteiger partial charge in [0.2, 0.25) is 5.91 Å². The number of sulfonamides is 1. The van der Waals surface area contributed by atoms with E-state index in [2.05, 4.69) is 15.3 Å². The monoisotopic (exact) mass is 503 g/mol. The van der Waals surface area contributed by atoms with Crippen molar-refractivity contribution in [1.82, 2.24) is 20.0 Å². The fraction of sp³-hybridized carbons (Fsp3) is 0.154. The van der Waals surface area contributed by atoms with Gasteiger partial charge in [-0.1, -0.05) is 48.5 Å². The summed E-state index contributed by atoms with van der Waals surface area (Å²) in [5, 5.41) is 2.55. The lowest BCUT2D eigenvalue weighted by Gasteiger charge is -2.25. The van der Waals surface area contributed by atoms with Crippen molar-refractivity contribution in [3.8, 4) is 0 Å². The molecule has 0 radical (unpaired) electrons. The number of hydrogen-bond donors (Lipinski definition) is 2. The van der Waals surface area contributed by atoms with Gasteiger partial charge in [-0.3, -0.25) is 14.8 Å². The highest BCUT2D eigenvalue weighted by Crippen LogP contribution is 2.20. The predicted octanol–water partition coefficient (Wildman–Crippen LogP) is 3.20. The van der Waals surface area contributed by atoms with Crippen LogP contribution in [0.2, 0.25) is 0 Å². The fourth-order valence-electron chi connectivity index (χ4n) is 3.79. The summed E-state index contributed by atoms with van der Waals surface area (Å²) in [6.07, 6.45) is 3.31. The van der Waals surface area contributed by atoms with Crippen LogP contribution >= 0.6 is 0 Å². The molecule has 10 heteroatoms. The van der Waals surface area contributed by atoms with E-state index in [1.165, 1.54) is 11.0 Å². The van der Waals surface area contributed by atoms with E-state index in [-0.39, 0.29) is 11.3 Å². The highest BCUT2D eigenvalue weighted by molar-refractivity contribution is 7.90. The van der Waals surface area contributed by atoms with Gasteiger partial charge in [-0.25, -0.2) is 17.9 Å². The number of fused-ring (bicyclic) bond motifs is 1. The highest BCUT2D eigenvalue weighted by atomic mass is 32.2. The van der Waals surface area contributed by atoms with E-state index < -0.39 is 28.0 Å². The Morgan fingerprint density at radius 3 is 2.31 bits per heavy atom. The number of benzene rings is 3. The lowest BCUT2D eigenvalue weighted by molar-refractivity contribution is -0.120. The van der Waals surface area contributed by atoms with E-state index in [1.807, 2.05) is 35.1 Å². The van der Waals surface area contributed by atoms with Crippen molar-refractivity contribution in [2.45, 2.75) is 24.3 Å². The molecule has 0 fully saturated rings. The number of rotatable bonds is 7. The molecule has 3 aromatic carbocycles. The first-order chi connectivity index (χ1) is 17.2. The summed E-state index contributed by atoms with van der Waals surface area (Å²) in [4.78, 5) is 36.2. The Balaban J connectivity index is 1.57. The largest absolute Gasteiger partial charge is 0.329 e. The van der Waals surface area contributed by atoms with E-state index in [0.717, 1.165) is 5.56 Å². The van der Waals surface area contributed by atoms with E-state index >= 15 is 0 Å². The van der Waals surface area contributed by atoms with Gasteiger partial charge >= 0.3 is 6.03 Å². The van der Waals surface area contributed by atoms with E-state index in [0.29, 0.717) is 22.3 Å². The molecule has 1 atom stereocenters. The summed E-state index contributed by atoms with van der Waals surface area (Å²) in [6, 6.07) is 18.7. The smallest absolute Gasteiger partial charge is 0.325 e. The van der Waals surface area contributed by atoms with Crippen LogP contribution in [0.15, 0.2) is 90.1 Å². The molecule has 4 aromatic rings. The molecule has 184 valence electrons. The van der Waals surface area contributed by atoms with Crippen molar-refractivity contribution in [2.24, 2.45) is 0 Å². The molecular formula is C26H25N5O4S. The molecule has 0 saturated heterocycles. The summed E-state index contributed by atoms with van der Waals surface area (Å²) in [5.74, 6) is -0.425. The maximum Gasteiger partial charge on any atom is 0.329 e. The molecule has 1 heterocycles. The summed E-state index contributed by atoms with van der Waals surface area (Å²) >= 11 is 0. The van der Waals surface area contributed by atoms with Gasteiger partial charge in [-0.05, 0) is 42.3 Å². The van der Waals surface area contributed by atoms with Crippen molar-refractivity contribution >= 4 is 38.7 Å². The van der Waals surface area contributed by atoms with Crippen LogP contribution in [0.25, 0.3) is 11.0 Å². The Bertz CT molecular complexity index is 1510. The minimum absolute atomic E-state index is 0.0134. The zero-order chi connectivity index (χ0) is 25.7. The van der Waals surface area contributed by atoms with Gasteiger partial charge in [0.05, 0.1) is 15.9 Å². The molecule has 4 rings (SSSR count). The van der Waals surface area contributed by atoms with Gasteiger partial charge < -0.3 is 10.2 Å². The Hall–Kier alpha value is -4.31. The van der Waals surface area contributed by atoms with Gasteiger partial charge in [0.25, 0.3) is 10.0 Å². The minimum Gasteiger partial charge on any atom is -0.325 e. The average Bonchev–Trinajstić information content (AvgIpc) is 2.87. The van der Waals surface area contributed by atoms with Crippen LogP contribution in [0.3, 0.4) is 0 Å². The number of urea groups is 1. The van der Waals surface area contributed by atoms with Crippen LogP contribution in [0.1, 0.15) is 11.1 Å². The maximum absolute atomic E-state index is 13.5. The number of likely N-dealkylation sites (N-methyl/N-ethyl adjacent to an activating group) is 1. The summed E-state index contributed by atoms with van der Waals surface area (Å²) in [7, 11) is -2.55. The number of anilines is 1. The third-order valence-corrected chi connectivity index (χ3v) is 7.16. The predicted molar refractivity (Wildman–Crippen MR) is 137 cm³/mol. The van der Waals surface area contributed by atoms with Gasteiger partial charge in [0.1, 0.15) is 6.04 Å². The molecule has 3 amide bonds. The minimum atomic E-state index is -4.13. The fourth-order valence-corrected chi connectivity index (χ4v) is 4.96. The van der Waals surface area contributed by atoms with Crippen molar-refractivity contribution in [2.75, 3.05) is 11.9 Å². The number of carbonyl (C=O) groups excluding carboxylic acids is 2. The zero-order valence-corrected chi connectivity index (χ0v) is 20.6. The Labute approximate surface area is 209 Å². The molecule has 0 spiro atoms. The molecule has 0 aliphatic heterocycles. The first-order valence-corrected chi connectivity index (χ1v) is 12.6. The molecule has 0 saturated carbocycles. The number of nitrogens with zero attached hydrogens (tertiary/aromatic N) is 3. The van der Waals surface area contributed by atoms with Crippen LogP contribution in [0, 0.1) is 6.92 Å². The number of amides is 3. The van der Waals surface area contributed by atoms with Crippen LogP contribution in [0.5, 0.6) is 0 Å². The van der Waals surface area contributed by atoms with Crippen LogP contribution in [-0.4, -0.2) is 43.4 Å². The SMILES string of the molecule is Cc1ccccc1S(=O)(=O)NC(=O)NC(Cc1ccccc1)C(=O)N(C)c1ccc2nccnc2c1. The number of nitrogens with one attached hydrogen (secondary N) is 2. The summed E-state index contributed by atoms with van der Waals surface area (Å²) < 4.78 is 27.6. The molecule has 1 aromatic heterocycles. The van der Waals surface area contributed by atoms with Crippen LogP contribution in [-0.2, 0) is 21.2 Å². The number of aryl methyl sites for hydroxylation is 1. The molecule has 9 nitrogen and oxygen atoms in total. The Kier molecular flexibility index (Phi) is 7.25. The quantitative estimate of drug-likeness (QED) is 0.400. The third kappa shape index (κ3) is 5.66. The summed E-state index contributed by atoms with van der Waals surface area (Å²) in [5.41, 5.74) is 3.15. The van der Waals surface area contributed by atoms with Crippen molar-refractivity contribution in [3.05, 3.63) is 96.3 Å². The zero-order valence-electron chi connectivity index (χ0n) is 19.8. The van der Waals surface area contributed by atoms with Crippen molar-refractivity contribution in [1.29, 1.82) is 0 Å². The maximum atomic E-state index is 13.5. The molecule has 1 unspecified atom stereocenters. The molecule has 36 heavy (non-hydrogen) atoms. The number of aromatic nitrogens is 2. The van der Waals surface area contributed by atoms with Crippen LogP contribution in [0.4, 0.5) is 10.5 Å². The number of hydrogen-bond acceptors (Lipinski definition) is 6. The van der Waals surface area contributed by atoms with Gasteiger partial charge in [-0.15, -0.1) is 0 Å². The van der Waals surface area contributed by atoms with Gasteiger partial charge in [0, 0.05) is 31.5 Å². The second-order valence-electron chi connectivity index (χ2n) is 8.21. The first kappa shape index (κ1) is 24.8. The van der Waals surface area contributed by atoms with Crippen molar-refractivity contribution in [3.63, 3.8) is 0 Å². The van der Waals surface area contributed by atoms with E-state index in [4.69, 9.17) is 0 Å². The van der Waals surface area contributed by atoms with Crippen molar-refractivity contribution < 1.29 is 18.0 Å². The molecule has 0 bridgehead atoms. The Morgan fingerprint density at radius 1 is 0.917 bits per heavy atom. The first-order valence-electron chi connectivity index (χ1n) is 11.2. The third-order valence-electron chi connectivity index (χ3n) is 5.67. The van der Waals surface area contributed by atoms with E-state index in [1.54, 1.807) is 62.8 Å². The van der Waals surface area contributed by atoms with Gasteiger partial charge in [-0.2, -0.15) is 0 Å². The number of carbonyl (C=O) groups is 2. The molecule has 0 aliphatic carbocycles. The molecular weight excluding hydrogens is 478 g/mol.